The molecule has 0 radical (unpaired) electrons. The molecule has 0 amide bonds. The highest BCUT2D eigenvalue weighted by Crippen LogP contribution is 2.08. The molecular formula is C40H52. The van der Waals surface area contributed by atoms with Gasteiger partial charge < -0.3 is 0 Å². The zero-order valence-corrected chi connectivity index (χ0v) is 25.5. The third-order valence-electron chi connectivity index (χ3n) is 4.71. The summed E-state index contributed by atoms with van der Waals surface area (Å²) in [6, 6.07) is 42.4. The van der Waals surface area contributed by atoms with Gasteiger partial charge in [-0.05, 0) is 75.6 Å². The van der Waals surface area contributed by atoms with Crippen molar-refractivity contribution < 1.29 is 0 Å². The van der Waals surface area contributed by atoms with Gasteiger partial charge >= 0.3 is 0 Å². The van der Waals surface area contributed by atoms with E-state index < -0.39 is 0 Å². The van der Waals surface area contributed by atoms with Crippen LogP contribution < -0.4 is 0 Å². The quantitative estimate of drug-likeness (QED) is 0.217. The fraction of sp³-hybridized carbons (Fsp3) is 0.200. The number of aryl methyl sites for hydroxylation is 2. The molecule has 0 heterocycles. The second kappa shape index (κ2) is 31.1. The molecular weight excluding hydrogens is 480 g/mol. The highest BCUT2D eigenvalue weighted by molar-refractivity contribution is 5.25. The maximum absolute atomic E-state index is 3.36. The lowest BCUT2D eigenvalue weighted by atomic mass is 10.0. The van der Waals surface area contributed by atoms with E-state index in [1.54, 1.807) is 24.3 Å². The van der Waals surface area contributed by atoms with Gasteiger partial charge in [0, 0.05) is 0 Å². The number of hydrogen-bond donors (Lipinski definition) is 0. The molecule has 4 aromatic carbocycles. The van der Waals surface area contributed by atoms with Crippen molar-refractivity contribution in [1.82, 2.24) is 0 Å². The van der Waals surface area contributed by atoms with Gasteiger partial charge in [0.25, 0.3) is 0 Å². The van der Waals surface area contributed by atoms with Crippen molar-refractivity contribution in [2.75, 3.05) is 0 Å². The number of allylic oxidation sites excluding steroid dienone is 4. The first kappa shape index (κ1) is 38.0. The summed E-state index contributed by atoms with van der Waals surface area (Å²) in [7, 11) is 0. The molecule has 0 nitrogen and oxygen atoms in total. The van der Waals surface area contributed by atoms with Crippen LogP contribution in [0.5, 0.6) is 0 Å². The summed E-state index contributed by atoms with van der Waals surface area (Å²) in [4.78, 5) is 0. The van der Waals surface area contributed by atoms with E-state index in [0.29, 0.717) is 0 Å². The second-order valence-corrected chi connectivity index (χ2v) is 8.61. The maximum atomic E-state index is 3.36. The fourth-order valence-electron chi connectivity index (χ4n) is 3.21. The van der Waals surface area contributed by atoms with Gasteiger partial charge in [0.15, 0.2) is 0 Å². The van der Waals surface area contributed by atoms with E-state index in [-0.39, 0.29) is 0 Å². The Labute approximate surface area is 247 Å². The smallest absolute Gasteiger partial charge is 0.00258 e. The summed E-state index contributed by atoms with van der Waals surface area (Å²) < 4.78 is 0. The minimum atomic E-state index is 1.03. The average molecular weight is 533 g/mol. The summed E-state index contributed by atoms with van der Waals surface area (Å²) in [5.74, 6) is 0. The van der Waals surface area contributed by atoms with Gasteiger partial charge in [-0.2, -0.15) is 0 Å². The van der Waals surface area contributed by atoms with E-state index in [9.17, 15) is 0 Å². The van der Waals surface area contributed by atoms with E-state index in [1.807, 2.05) is 27.7 Å². The molecule has 0 saturated carbocycles. The summed E-state index contributed by atoms with van der Waals surface area (Å²) in [6.07, 6.45) is 11.6. The van der Waals surface area contributed by atoms with Crippen LogP contribution in [0, 0.1) is 0 Å². The van der Waals surface area contributed by atoms with Gasteiger partial charge in [-0.3, -0.25) is 0 Å². The molecule has 0 fully saturated rings. The average Bonchev–Trinajstić information content (AvgIpc) is 2.98. The normalized spacial score (nSPS) is 8.30. The van der Waals surface area contributed by atoms with Crippen molar-refractivity contribution in [3.8, 4) is 0 Å². The first-order valence-corrected chi connectivity index (χ1v) is 14.0. The lowest BCUT2D eigenvalue weighted by Crippen LogP contribution is -1.89. The van der Waals surface area contributed by atoms with Crippen molar-refractivity contribution in [2.24, 2.45) is 0 Å². The minimum absolute atomic E-state index is 1.03. The van der Waals surface area contributed by atoms with Crippen molar-refractivity contribution in [3.63, 3.8) is 0 Å². The Morgan fingerprint density at radius 3 is 0.800 bits per heavy atom. The molecule has 0 aromatic heterocycles. The van der Waals surface area contributed by atoms with Crippen LogP contribution >= 0.6 is 0 Å². The monoisotopic (exact) mass is 532 g/mol. The Kier molecular flexibility index (Phi) is 29.5. The van der Waals surface area contributed by atoms with Gasteiger partial charge in [-0.25, -0.2) is 0 Å². The molecule has 0 aliphatic heterocycles. The van der Waals surface area contributed by atoms with Crippen molar-refractivity contribution in [2.45, 2.75) is 53.4 Å². The van der Waals surface area contributed by atoms with Crippen LogP contribution in [-0.2, 0) is 19.3 Å². The Balaban J connectivity index is 0. The minimum Gasteiger partial charge on any atom is -0.103 e. The van der Waals surface area contributed by atoms with Gasteiger partial charge in [-0.15, -0.1) is 26.3 Å². The molecule has 0 heteroatoms. The fourth-order valence-corrected chi connectivity index (χ4v) is 3.21. The van der Waals surface area contributed by atoms with Crippen molar-refractivity contribution in [1.29, 1.82) is 0 Å². The van der Waals surface area contributed by atoms with E-state index in [1.165, 1.54) is 41.5 Å². The molecule has 0 aliphatic carbocycles. The van der Waals surface area contributed by atoms with Crippen LogP contribution in [0.4, 0.5) is 0 Å². The van der Waals surface area contributed by atoms with E-state index in [0.717, 1.165) is 6.42 Å². The molecule has 212 valence electrons. The zero-order valence-electron chi connectivity index (χ0n) is 25.5. The third kappa shape index (κ3) is 25.5. The second-order valence-electron chi connectivity index (χ2n) is 8.61. The lowest BCUT2D eigenvalue weighted by molar-refractivity contribution is 0.821. The van der Waals surface area contributed by atoms with Crippen LogP contribution in [-0.4, -0.2) is 0 Å². The van der Waals surface area contributed by atoms with Gasteiger partial charge in [0.1, 0.15) is 0 Å². The highest BCUT2D eigenvalue weighted by Gasteiger charge is 1.94. The molecule has 0 N–H and O–H groups in total. The van der Waals surface area contributed by atoms with Crippen LogP contribution in [0.1, 0.15) is 56.4 Å². The first-order chi connectivity index (χ1) is 19.6. The molecule has 40 heavy (non-hydrogen) atoms. The Hall–Kier alpha value is -4.16. The van der Waals surface area contributed by atoms with Crippen molar-refractivity contribution in [3.05, 3.63) is 194 Å². The van der Waals surface area contributed by atoms with Crippen LogP contribution in [0.25, 0.3) is 0 Å². The van der Waals surface area contributed by atoms with Crippen molar-refractivity contribution >= 4 is 0 Å². The molecule has 0 bridgehead atoms. The largest absolute Gasteiger partial charge is 0.103 e. The molecule has 0 spiro atoms. The third-order valence-corrected chi connectivity index (χ3v) is 4.71. The van der Waals surface area contributed by atoms with Gasteiger partial charge in [-0.1, -0.05) is 146 Å². The van der Waals surface area contributed by atoms with E-state index >= 15 is 0 Å². The van der Waals surface area contributed by atoms with Crippen LogP contribution in [0.15, 0.2) is 172 Å². The Morgan fingerprint density at radius 1 is 0.375 bits per heavy atom. The zero-order chi connectivity index (χ0) is 30.1. The predicted molar refractivity (Wildman–Crippen MR) is 184 cm³/mol. The Morgan fingerprint density at radius 2 is 0.575 bits per heavy atom. The summed E-state index contributed by atoms with van der Waals surface area (Å²) >= 11 is 0. The van der Waals surface area contributed by atoms with Crippen LogP contribution in [0.2, 0.25) is 0 Å². The number of benzene rings is 4. The summed E-state index contributed by atoms with van der Waals surface area (Å²) in [5, 5.41) is 0. The lowest BCUT2D eigenvalue weighted by Gasteiger charge is -2.01. The van der Waals surface area contributed by atoms with Gasteiger partial charge in [0.2, 0.25) is 0 Å². The molecule has 0 aliphatic rings. The standard InChI is InChI=1S/C15H16.C13H12.4C3H6/c1-3-8-14(9-4-1)12-7-13-15-10-5-2-6-11-15;1-3-7-12(8-4-1)11-13-9-5-2-6-10-13;4*1-3-2/h1-6,8-11H,7,12-13H2;1-10H,11H2;4*3H,1H2,2H3. The topological polar surface area (TPSA) is 0 Å². The predicted octanol–water partition coefficient (Wildman–Crippen LogP) is 11.9. The SMILES string of the molecule is C=CC.C=CC.C=CC.C=CC.c1ccc(CCCc2ccccc2)cc1.c1ccc(Cc2ccccc2)cc1. The molecule has 4 aromatic rings. The van der Waals surface area contributed by atoms with Crippen LogP contribution in [0.3, 0.4) is 0 Å². The molecule has 0 atom stereocenters. The summed E-state index contributed by atoms with van der Waals surface area (Å²) in [6.45, 7) is 21.0. The van der Waals surface area contributed by atoms with Gasteiger partial charge in [0.05, 0.1) is 0 Å². The highest BCUT2D eigenvalue weighted by atomic mass is 14.0. The molecule has 0 unspecified atom stereocenters. The summed E-state index contributed by atoms with van der Waals surface area (Å²) in [5.41, 5.74) is 5.62. The van der Waals surface area contributed by atoms with E-state index in [2.05, 4.69) is 148 Å². The first-order valence-electron chi connectivity index (χ1n) is 14.0. The molecule has 4 rings (SSSR count). The molecule has 0 saturated heterocycles. The number of rotatable bonds is 6. The number of hydrogen-bond acceptors (Lipinski definition) is 0. The maximum Gasteiger partial charge on any atom is -0.00258 e. The Bertz CT molecular complexity index is 961. The van der Waals surface area contributed by atoms with E-state index in [4.69, 9.17) is 0 Å².